The van der Waals surface area contributed by atoms with Crippen molar-refractivity contribution >= 4 is 33.4 Å². The van der Waals surface area contributed by atoms with E-state index in [-0.39, 0.29) is 18.1 Å². The number of nitrogens with one attached hydrogen (secondary N) is 1. The number of hydrogen-bond acceptors (Lipinski definition) is 5. The number of carbonyl (C=O) groups is 1. The number of anilines is 1. The quantitative estimate of drug-likeness (QED) is 0.742. The number of hydrogen-bond donors (Lipinski definition) is 1. The number of aryl methyl sites for hydroxylation is 2. The molecule has 0 aliphatic carbocycles. The maximum atomic E-state index is 12.3. The Balaban J connectivity index is 1.75. The van der Waals surface area contributed by atoms with Crippen LogP contribution in [-0.4, -0.2) is 25.2 Å². The van der Waals surface area contributed by atoms with Crippen LogP contribution in [0.5, 0.6) is 0 Å². The second-order valence-electron chi connectivity index (χ2n) is 5.57. The van der Waals surface area contributed by atoms with Gasteiger partial charge in [-0.3, -0.25) is 19.2 Å². The van der Waals surface area contributed by atoms with Crippen molar-refractivity contribution in [3.8, 4) is 0 Å². The van der Waals surface area contributed by atoms with Crippen LogP contribution in [0.25, 0.3) is 11.0 Å². The first-order valence-corrected chi connectivity index (χ1v) is 8.68. The minimum Gasteiger partial charge on any atom is -0.299 e. The highest BCUT2D eigenvalue weighted by Gasteiger charge is 2.14. The van der Waals surface area contributed by atoms with E-state index in [0.29, 0.717) is 5.13 Å². The van der Waals surface area contributed by atoms with Crippen LogP contribution in [0.15, 0.2) is 29.1 Å². The topological polar surface area (TPSA) is 81.8 Å². The number of para-hydroxylation sites is 2. The fraction of sp³-hybridized carbons (Fsp3) is 0.375. The first-order valence-electron chi connectivity index (χ1n) is 7.86. The van der Waals surface area contributed by atoms with Crippen molar-refractivity contribution in [2.24, 2.45) is 7.05 Å². The molecule has 0 atom stereocenters. The molecule has 3 aromatic rings. The SMILES string of the molecule is CCCCc1nnc(NC(=O)Cn2c(=O)n(C)c3ccccc32)s1. The summed E-state index contributed by atoms with van der Waals surface area (Å²) < 4.78 is 3.00. The Hall–Kier alpha value is -2.48. The summed E-state index contributed by atoms with van der Waals surface area (Å²) in [6, 6.07) is 7.40. The van der Waals surface area contributed by atoms with Crippen LogP contribution in [0, 0.1) is 0 Å². The number of nitrogens with zero attached hydrogens (tertiary/aromatic N) is 4. The van der Waals surface area contributed by atoms with Gasteiger partial charge in [0.1, 0.15) is 11.6 Å². The van der Waals surface area contributed by atoms with Gasteiger partial charge in [-0.1, -0.05) is 36.8 Å². The van der Waals surface area contributed by atoms with Crippen LogP contribution in [0.2, 0.25) is 0 Å². The molecule has 0 radical (unpaired) electrons. The average molecular weight is 345 g/mol. The minimum absolute atomic E-state index is 0.0515. The Morgan fingerprint density at radius 2 is 2.00 bits per heavy atom. The lowest BCUT2D eigenvalue weighted by Gasteiger charge is -2.03. The zero-order valence-electron chi connectivity index (χ0n) is 13.7. The summed E-state index contributed by atoms with van der Waals surface area (Å²) in [5.74, 6) is -0.286. The molecular formula is C16H19N5O2S. The second-order valence-corrected chi connectivity index (χ2v) is 6.63. The highest BCUT2D eigenvalue weighted by Crippen LogP contribution is 2.17. The normalized spacial score (nSPS) is 11.1. The van der Waals surface area contributed by atoms with Gasteiger partial charge in [-0.05, 0) is 18.6 Å². The van der Waals surface area contributed by atoms with Crippen molar-refractivity contribution in [3.63, 3.8) is 0 Å². The van der Waals surface area contributed by atoms with E-state index in [1.165, 1.54) is 20.5 Å². The average Bonchev–Trinajstić information content (AvgIpc) is 3.12. The third kappa shape index (κ3) is 3.23. The molecule has 24 heavy (non-hydrogen) atoms. The van der Waals surface area contributed by atoms with E-state index >= 15 is 0 Å². The number of fused-ring (bicyclic) bond motifs is 1. The standard InChI is InChI=1S/C16H19N5O2S/c1-3-4-9-14-18-19-15(24-14)17-13(22)10-21-12-8-6-5-7-11(12)20(2)16(21)23/h5-8H,3-4,9-10H2,1-2H3,(H,17,19,22). The third-order valence-electron chi connectivity index (χ3n) is 3.81. The van der Waals surface area contributed by atoms with Gasteiger partial charge in [0, 0.05) is 13.5 Å². The zero-order chi connectivity index (χ0) is 17.1. The van der Waals surface area contributed by atoms with E-state index in [1.807, 2.05) is 24.3 Å². The molecular weight excluding hydrogens is 326 g/mol. The lowest BCUT2D eigenvalue weighted by molar-refractivity contribution is -0.116. The molecule has 0 bridgehead atoms. The van der Waals surface area contributed by atoms with E-state index in [9.17, 15) is 9.59 Å². The van der Waals surface area contributed by atoms with Gasteiger partial charge in [0.25, 0.3) is 0 Å². The number of amides is 1. The molecule has 0 fully saturated rings. The number of unbranched alkanes of at least 4 members (excludes halogenated alkanes) is 1. The number of aromatic nitrogens is 4. The number of benzene rings is 1. The zero-order valence-corrected chi connectivity index (χ0v) is 14.5. The fourth-order valence-corrected chi connectivity index (χ4v) is 3.35. The first-order chi connectivity index (χ1) is 11.6. The Morgan fingerprint density at radius 1 is 1.25 bits per heavy atom. The van der Waals surface area contributed by atoms with Gasteiger partial charge in [-0.15, -0.1) is 10.2 Å². The maximum Gasteiger partial charge on any atom is 0.329 e. The Morgan fingerprint density at radius 3 is 2.75 bits per heavy atom. The predicted octanol–water partition coefficient (Wildman–Crippen LogP) is 2.17. The van der Waals surface area contributed by atoms with Crippen molar-refractivity contribution < 1.29 is 4.79 Å². The van der Waals surface area contributed by atoms with Crippen molar-refractivity contribution in [2.75, 3.05) is 5.32 Å². The molecule has 126 valence electrons. The smallest absolute Gasteiger partial charge is 0.299 e. The van der Waals surface area contributed by atoms with Crippen molar-refractivity contribution in [3.05, 3.63) is 39.8 Å². The Bertz CT molecular complexity index is 924. The van der Waals surface area contributed by atoms with Gasteiger partial charge in [-0.2, -0.15) is 0 Å². The van der Waals surface area contributed by atoms with Crippen LogP contribution in [-0.2, 0) is 24.8 Å². The first kappa shape index (κ1) is 16.4. The van der Waals surface area contributed by atoms with E-state index < -0.39 is 0 Å². The van der Waals surface area contributed by atoms with Gasteiger partial charge >= 0.3 is 5.69 Å². The molecule has 1 aromatic carbocycles. The maximum absolute atomic E-state index is 12.3. The van der Waals surface area contributed by atoms with Crippen LogP contribution in [0.3, 0.4) is 0 Å². The molecule has 2 heterocycles. The summed E-state index contributed by atoms with van der Waals surface area (Å²) in [4.78, 5) is 24.6. The largest absolute Gasteiger partial charge is 0.329 e. The van der Waals surface area contributed by atoms with Crippen LogP contribution in [0.1, 0.15) is 24.8 Å². The summed E-state index contributed by atoms with van der Waals surface area (Å²) >= 11 is 1.38. The van der Waals surface area contributed by atoms with Gasteiger partial charge in [0.2, 0.25) is 11.0 Å². The molecule has 7 nitrogen and oxygen atoms in total. The van der Waals surface area contributed by atoms with Crippen molar-refractivity contribution in [2.45, 2.75) is 32.7 Å². The molecule has 0 aliphatic rings. The van der Waals surface area contributed by atoms with Gasteiger partial charge in [-0.25, -0.2) is 4.79 Å². The highest BCUT2D eigenvalue weighted by molar-refractivity contribution is 7.15. The molecule has 3 rings (SSSR count). The monoisotopic (exact) mass is 345 g/mol. The van der Waals surface area contributed by atoms with E-state index in [0.717, 1.165) is 35.3 Å². The van der Waals surface area contributed by atoms with Gasteiger partial charge < -0.3 is 0 Å². The molecule has 0 saturated heterocycles. The van der Waals surface area contributed by atoms with E-state index in [1.54, 1.807) is 7.05 Å². The summed E-state index contributed by atoms with van der Waals surface area (Å²) in [5, 5.41) is 12.2. The minimum atomic E-state index is -0.286. The summed E-state index contributed by atoms with van der Waals surface area (Å²) in [5.41, 5.74) is 1.32. The van der Waals surface area contributed by atoms with Crippen molar-refractivity contribution in [1.29, 1.82) is 0 Å². The number of carbonyl (C=O) groups excluding carboxylic acids is 1. The summed E-state index contributed by atoms with van der Waals surface area (Å²) in [6.45, 7) is 2.07. The lowest BCUT2D eigenvalue weighted by Crippen LogP contribution is -2.28. The van der Waals surface area contributed by atoms with Gasteiger partial charge in [0.15, 0.2) is 0 Å². The molecule has 0 spiro atoms. The second kappa shape index (κ2) is 6.96. The predicted molar refractivity (Wildman–Crippen MR) is 94.3 cm³/mol. The fourth-order valence-electron chi connectivity index (χ4n) is 2.55. The Labute approximate surface area is 142 Å². The highest BCUT2D eigenvalue weighted by atomic mass is 32.1. The molecule has 1 amide bonds. The van der Waals surface area contributed by atoms with E-state index in [2.05, 4.69) is 22.4 Å². The van der Waals surface area contributed by atoms with Crippen molar-refractivity contribution in [1.82, 2.24) is 19.3 Å². The lowest BCUT2D eigenvalue weighted by atomic mass is 10.3. The number of rotatable bonds is 6. The molecule has 0 aliphatic heterocycles. The molecule has 1 N–H and O–H groups in total. The van der Waals surface area contributed by atoms with E-state index in [4.69, 9.17) is 0 Å². The summed E-state index contributed by atoms with van der Waals surface area (Å²) in [6.07, 6.45) is 3.01. The molecule has 8 heteroatoms. The Kier molecular flexibility index (Phi) is 4.75. The molecule has 0 saturated carbocycles. The van der Waals surface area contributed by atoms with Gasteiger partial charge in [0.05, 0.1) is 11.0 Å². The van der Waals surface area contributed by atoms with Crippen LogP contribution >= 0.6 is 11.3 Å². The molecule has 2 aromatic heterocycles. The van der Waals surface area contributed by atoms with Crippen LogP contribution < -0.4 is 11.0 Å². The summed E-state index contributed by atoms with van der Waals surface area (Å²) in [7, 11) is 1.70. The third-order valence-corrected chi connectivity index (χ3v) is 4.71. The van der Waals surface area contributed by atoms with Crippen LogP contribution in [0.4, 0.5) is 5.13 Å². The number of imidazole rings is 1. The molecule has 0 unspecified atom stereocenters.